The van der Waals surface area contributed by atoms with Crippen molar-refractivity contribution < 1.29 is 17.6 Å². The normalized spacial score (nSPS) is 16.5. The second-order valence-corrected chi connectivity index (χ2v) is 8.91. The molecule has 0 aliphatic heterocycles. The van der Waals surface area contributed by atoms with E-state index in [4.69, 9.17) is 4.42 Å². The van der Waals surface area contributed by atoms with Gasteiger partial charge in [0, 0.05) is 11.4 Å². The zero-order valence-corrected chi connectivity index (χ0v) is 14.3. The fourth-order valence-electron chi connectivity index (χ4n) is 2.79. The maximum Gasteiger partial charge on any atom is 0.238 e. The Bertz CT molecular complexity index is 756. The maximum absolute atomic E-state index is 12.3. The van der Waals surface area contributed by atoms with Gasteiger partial charge in [0.05, 0.1) is 16.4 Å². The first-order chi connectivity index (χ1) is 11.1. The van der Waals surface area contributed by atoms with Crippen LogP contribution in [0, 0.1) is 0 Å². The Labute approximate surface area is 139 Å². The van der Waals surface area contributed by atoms with Crippen LogP contribution < -0.4 is 4.72 Å². The molecule has 2 heterocycles. The average Bonchev–Trinajstić information content (AvgIpc) is 3.25. The van der Waals surface area contributed by atoms with Gasteiger partial charge < -0.3 is 4.42 Å². The monoisotopic (exact) mass is 353 g/mol. The van der Waals surface area contributed by atoms with Gasteiger partial charge in [-0.25, -0.2) is 13.1 Å². The van der Waals surface area contributed by atoms with Gasteiger partial charge in [-0.2, -0.15) is 0 Å². The van der Waals surface area contributed by atoms with E-state index < -0.39 is 10.0 Å². The predicted molar refractivity (Wildman–Crippen MR) is 89.1 cm³/mol. The molecule has 5 nitrogen and oxygen atoms in total. The first kappa shape index (κ1) is 16.4. The van der Waals surface area contributed by atoms with E-state index in [0.29, 0.717) is 10.6 Å². The third kappa shape index (κ3) is 3.91. The summed E-state index contributed by atoms with van der Waals surface area (Å²) in [5.41, 5.74) is 0. The molecule has 1 aliphatic carbocycles. The number of rotatable bonds is 6. The fraction of sp³-hybridized carbons (Fsp3) is 0.438. The van der Waals surface area contributed by atoms with Gasteiger partial charge in [0.15, 0.2) is 5.76 Å². The van der Waals surface area contributed by atoms with Crippen LogP contribution in [0.3, 0.4) is 0 Å². The van der Waals surface area contributed by atoms with Gasteiger partial charge in [0.25, 0.3) is 0 Å². The Morgan fingerprint density at radius 3 is 2.70 bits per heavy atom. The lowest BCUT2D eigenvalue weighted by Crippen LogP contribution is -2.35. The van der Waals surface area contributed by atoms with Gasteiger partial charge in [0.2, 0.25) is 15.8 Å². The molecule has 2 aromatic heterocycles. The van der Waals surface area contributed by atoms with Crippen molar-refractivity contribution in [3.8, 4) is 0 Å². The van der Waals surface area contributed by atoms with E-state index in [9.17, 15) is 13.2 Å². The summed E-state index contributed by atoms with van der Waals surface area (Å²) in [6.45, 7) is 0.231. The largest absolute Gasteiger partial charge is 0.461 e. The summed E-state index contributed by atoms with van der Waals surface area (Å²) in [6.07, 6.45) is 6.01. The molecule has 0 spiro atoms. The third-order valence-electron chi connectivity index (χ3n) is 4.07. The Balaban J connectivity index is 1.62. The molecule has 2 aromatic rings. The van der Waals surface area contributed by atoms with E-state index in [0.717, 1.165) is 37.0 Å². The van der Waals surface area contributed by atoms with Crippen LogP contribution >= 0.6 is 11.3 Å². The van der Waals surface area contributed by atoms with Crippen molar-refractivity contribution in [2.24, 2.45) is 0 Å². The minimum atomic E-state index is -3.28. The van der Waals surface area contributed by atoms with Gasteiger partial charge >= 0.3 is 0 Å². The summed E-state index contributed by atoms with van der Waals surface area (Å²) >= 11 is 1.29. The van der Waals surface area contributed by atoms with Gasteiger partial charge in [-0.15, -0.1) is 11.3 Å². The quantitative estimate of drug-likeness (QED) is 0.808. The van der Waals surface area contributed by atoms with Gasteiger partial charge in [0.1, 0.15) is 0 Å². The van der Waals surface area contributed by atoms with Crippen LogP contribution in [0.5, 0.6) is 0 Å². The molecule has 0 unspecified atom stereocenters. The molecule has 1 aliphatic rings. The van der Waals surface area contributed by atoms with E-state index in [2.05, 4.69) is 4.72 Å². The van der Waals surface area contributed by atoms with Crippen molar-refractivity contribution in [2.75, 3.05) is 0 Å². The zero-order chi connectivity index (χ0) is 16.3. The molecule has 124 valence electrons. The standard InChI is InChI=1S/C16H19NO4S2/c18-16(14-7-4-10-21-14)15-9-8-12(22-15)11-17-23(19,20)13-5-2-1-3-6-13/h4,7-10,13,17H,1-3,5-6,11H2. The Hall–Kier alpha value is -1.44. The summed E-state index contributed by atoms with van der Waals surface area (Å²) < 4.78 is 32.4. The van der Waals surface area contributed by atoms with Crippen LogP contribution in [-0.2, 0) is 16.6 Å². The molecule has 0 bridgehead atoms. The highest BCUT2D eigenvalue weighted by Crippen LogP contribution is 2.24. The number of ketones is 1. The smallest absolute Gasteiger partial charge is 0.238 e. The van der Waals surface area contributed by atoms with Crippen LogP contribution in [-0.4, -0.2) is 19.5 Å². The summed E-state index contributed by atoms with van der Waals surface area (Å²) in [5.74, 6) is 0.113. The van der Waals surface area contributed by atoms with E-state index in [1.54, 1.807) is 24.3 Å². The first-order valence-electron chi connectivity index (χ1n) is 7.71. The number of sulfonamides is 1. The maximum atomic E-state index is 12.3. The molecule has 1 N–H and O–H groups in total. The number of nitrogens with one attached hydrogen (secondary N) is 1. The van der Waals surface area contributed by atoms with E-state index in [1.807, 2.05) is 0 Å². The topological polar surface area (TPSA) is 76.4 Å². The molecule has 0 amide bonds. The van der Waals surface area contributed by atoms with Crippen LogP contribution in [0.2, 0.25) is 0 Å². The number of hydrogen-bond donors (Lipinski definition) is 1. The third-order valence-corrected chi connectivity index (χ3v) is 7.05. The van der Waals surface area contributed by atoms with Crippen LogP contribution in [0.15, 0.2) is 34.9 Å². The van der Waals surface area contributed by atoms with Crippen molar-refractivity contribution in [3.63, 3.8) is 0 Å². The zero-order valence-electron chi connectivity index (χ0n) is 12.7. The molecule has 0 saturated heterocycles. The van der Waals surface area contributed by atoms with Crippen LogP contribution in [0.1, 0.15) is 52.4 Å². The Morgan fingerprint density at radius 2 is 2.00 bits per heavy atom. The summed E-state index contributed by atoms with van der Waals surface area (Å²) in [4.78, 5) is 13.5. The van der Waals surface area contributed by atoms with Gasteiger partial charge in [-0.1, -0.05) is 19.3 Å². The molecule has 0 atom stereocenters. The first-order valence-corrected chi connectivity index (χ1v) is 10.1. The van der Waals surface area contributed by atoms with Crippen molar-refractivity contribution in [1.82, 2.24) is 4.72 Å². The molecule has 23 heavy (non-hydrogen) atoms. The lowest BCUT2D eigenvalue weighted by molar-refractivity contribution is 0.101. The second-order valence-electron chi connectivity index (χ2n) is 5.70. The number of hydrogen-bond acceptors (Lipinski definition) is 5. The predicted octanol–water partition coefficient (Wildman–Crippen LogP) is 3.32. The highest BCUT2D eigenvalue weighted by Gasteiger charge is 2.27. The van der Waals surface area contributed by atoms with Gasteiger partial charge in [-0.05, 0) is 37.1 Å². The highest BCUT2D eigenvalue weighted by atomic mass is 32.2. The van der Waals surface area contributed by atoms with Crippen LogP contribution in [0.25, 0.3) is 0 Å². The average molecular weight is 353 g/mol. The lowest BCUT2D eigenvalue weighted by Gasteiger charge is -2.21. The molecular formula is C16H19NO4S2. The Kier molecular flexibility index (Phi) is 4.99. The minimum Gasteiger partial charge on any atom is -0.461 e. The SMILES string of the molecule is O=C(c1ccco1)c1ccc(CNS(=O)(=O)C2CCCCC2)s1. The molecule has 1 fully saturated rings. The van der Waals surface area contributed by atoms with E-state index >= 15 is 0 Å². The van der Waals surface area contributed by atoms with Crippen molar-refractivity contribution in [2.45, 2.75) is 43.9 Å². The summed E-state index contributed by atoms with van der Waals surface area (Å²) in [7, 11) is -3.28. The summed E-state index contributed by atoms with van der Waals surface area (Å²) in [6, 6.07) is 6.78. The summed E-state index contributed by atoms with van der Waals surface area (Å²) in [5, 5.41) is -0.277. The molecule has 3 rings (SSSR count). The number of furan rings is 1. The molecule has 0 radical (unpaired) electrons. The molecule has 0 aromatic carbocycles. The molecule has 1 saturated carbocycles. The van der Waals surface area contributed by atoms with E-state index in [1.165, 1.54) is 17.6 Å². The van der Waals surface area contributed by atoms with Crippen molar-refractivity contribution >= 4 is 27.1 Å². The minimum absolute atomic E-state index is 0.179. The Morgan fingerprint density at radius 1 is 1.22 bits per heavy atom. The van der Waals surface area contributed by atoms with Crippen molar-refractivity contribution in [3.05, 3.63) is 46.0 Å². The highest BCUT2D eigenvalue weighted by molar-refractivity contribution is 7.90. The molecular weight excluding hydrogens is 334 g/mol. The number of carbonyl (C=O) groups is 1. The van der Waals surface area contributed by atoms with E-state index in [-0.39, 0.29) is 17.6 Å². The second kappa shape index (κ2) is 6.98. The lowest BCUT2D eigenvalue weighted by atomic mass is 10.0. The van der Waals surface area contributed by atoms with Crippen molar-refractivity contribution in [1.29, 1.82) is 0 Å². The fourth-order valence-corrected chi connectivity index (χ4v) is 5.32. The number of thiophene rings is 1. The molecule has 7 heteroatoms. The number of carbonyl (C=O) groups excluding carboxylic acids is 1. The van der Waals surface area contributed by atoms with Crippen LogP contribution in [0.4, 0.5) is 0 Å². The van der Waals surface area contributed by atoms with Gasteiger partial charge in [-0.3, -0.25) is 4.79 Å².